The summed E-state index contributed by atoms with van der Waals surface area (Å²) in [5.41, 5.74) is 1.49. The largest absolute Gasteiger partial charge is 0.274 e. The molecule has 0 aliphatic heterocycles. The van der Waals surface area contributed by atoms with Gasteiger partial charge in [0.05, 0.1) is 9.40 Å². The number of aromatic nitrogens is 2. The molecule has 1 aromatic carbocycles. The number of halogens is 1. The Labute approximate surface area is 100.0 Å². The SMILES string of the molecule is Cn1cc(Br)c(-c2cccc([N+](=O)[O-])c2)n1. The zero-order valence-corrected chi connectivity index (χ0v) is 10.0. The van der Waals surface area contributed by atoms with Crippen LogP contribution < -0.4 is 0 Å². The Hall–Kier alpha value is -1.69. The van der Waals surface area contributed by atoms with E-state index in [4.69, 9.17) is 0 Å². The van der Waals surface area contributed by atoms with Crippen LogP contribution in [0.2, 0.25) is 0 Å². The number of hydrogen-bond acceptors (Lipinski definition) is 3. The lowest BCUT2D eigenvalue weighted by atomic mass is 10.1. The lowest BCUT2D eigenvalue weighted by Crippen LogP contribution is -1.90. The van der Waals surface area contributed by atoms with Gasteiger partial charge in [0.1, 0.15) is 5.69 Å². The summed E-state index contributed by atoms with van der Waals surface area (Å²) >= 11 is 3.36. The fourth-order valence-electron chi connectivity index (χ4n) is 1.42. The third-order valence-electron chi connectivity index (χ3n) is 2.11. The molecular formula is C10H8BrN3O2. The van der Waals surface area contributed by atoms with Crippen LogP contribution in [0.1, 0.15) is 0 Å². The number of benzene rings is 1. The monoisotopic (exact) mass is 281 g/mol. The second-order valence-electron chi connectivity index (χ2n) is 3.31. The highest BCUT2D eigenvalue weighted by Gasteiger charge is 2.11. The highest BCUT2D eigenvalue weighted by Crippen LogP contribution is 2.28. The average molecular weight is 282 g/mol. The Balaban J connectivity index is 2.52. The Kier molecular flexibility index (Phi) is 2.74. The van der Waals surface area contributed by atoms with Crippen LogP contribution in [0.4, 0.5) is 5.69 Å². The quantitative estimate of drug-likeness (QED) is 0.628. The normalized spacial score (nSPS) is 10.4. The number of nitro benzene ring substituents is 1. The van der Waals surface area contributed by atoms with E-state index in [9.17, 15) is 10.1 Å². The molecule has 0 aliphatic carbocycles. The van der Waals surface area contributed by atoms with Crippen molar-refractivity contribution in [3.8, 4) is 11.3 Å². The van der Waals surface area contributed by atoms with Crippen LogP contribution in [0.15, 0.2) is 34.9 Å². The van der Waals surface area contributed by atoms with E-state index in [-0.39, 0.29) is 5.69 Å². The van der Waals surface area contributed by atoms with Crippen LogP contribution in [-0.2, 0) is 7.05 Å². The molecule has 0 bridgehead atoms. The van der Waals surface area contributed by atoms with E-state index in [1.54, 1.807) is 30.1 Å². The van der Waals surface area contributed by atoms with Crippen LogP contribution in [0, 0.1) is 10.1 Å². The Morgan fingerprint density at radius 3 is 2.81 bits per heavy atom. The predicted molar refractivity (Wildman–Crippen MR) is 63.0 cm³/mol. The second kappa shape index (κ2) is 4.05. The summed E-state index contributed by atoms with van der Waals surface area (Å²) in [7, 11) is 1.80. The van der Waals surface area contributed by atoms with Crippen molar-refractivity contribution in [1.82, 2.24) is 9.78 Å². The lowest BCUT2D eigenvalue weighted by Gasteiger charge is -1.97. The van der Waals surface area contributed by atoms with E-state index < -0.39 is 4.92 Å². The minimum Gasteiger partial charge on any atom is -0.274 e. The standard InChI is InChI=1S/C10H8BrN3O2/c1-13-6-9(11)10(12-13)7-3-2-4-8(5-7)14(15)16/h2-6H,1H3. The number of nitro groups is 1. The zero-order chi connectivity index (χ0) is 11.7. The van der Waals surface area contributed by atoms with Crippen molar-refractivity contribution < 1.29 is 4.92 Å². The molecule has 0 radical (unpaired) electrons. The van der Waals surface area contributed by atoms with Crippen LogP contribution in [0.3, 0.4) is 0 Å². The first kappa shape index (κ1) is 10.8. The summed E-state index contributed by atoms with van der Waals surface area (Å²) in [6.07, 6.45) is 1.80. The van der Waals surface area contributed by atoms with Gasteiger partial charge >= 0.3 is 0 Å². The van der Waals surface area contributed by atoms with E-state index >= 15 is 0 Å². The van der Waals surface area contributed by atoms with Gasteiger partial charge in [0.2, 0.25) is 0 Å². The highest BCUT2D eigenvalue weighted by atomic mass is 79.9. The van der Waals surface area contributed by atoms with Gasteiger partial charge in [0, 0.05) is 30.9 Å². The molecule has 0 atom stereocenters. The third-order valence-corrected chi connectivity index (χ3v) is 2.69. The number of hydrogen-bond donors (Lipinski definition) is 0. The van der Waals surface area contributed by atoms with Crippen LogP contribution in [0.25, 0.3) is 11.3 Å². The second-order valence-corrected chi connectivity index (χ2v) is 4.16. The lowest BCUT2D eigenvalue weighted by molar-refractivity contribution is -0.384. The molecule has 0 aliphatic rings. The van der Waals surface area contributed by atoms with Crippen molar-refractivity contribution >= 4 is 21.6 Å². The highest BCUT2D eigenvalue weighted by molar-refractivity contribution is 9.10. The van der Waals surface area contributed by atoms with E-state index in [2.05, 4.69) is 21.0 Å². The van der Waals surface area contributed by atoms with Gasteiger partial charge in [0.25, 0.3) is 5.69 Å². The van der Waals surface area contributed by atoms with Gasteiger partial charge in [-0.3, -0.25) is 14.8 Å². The van der Waals surface area contributed by atoms with Gasteiger partial charge in [-0.2, -0.15) is 5.10 Å². The van der Waals surface area contributed by atoms with E-state index in [1.165, 1.54) is 12.1 Å². The van der Waals surface area contributed by atoms with Crippen LogP contribution in [0.5, 0.6) is 0 Å². The maximum atomic E-state index is 10.6. The van der Waals surface area contributed by atoms with Crippen molar-refractivity contribution in [2.45, 2.75) is 0 Å². The summed E-state index contributed by atoms with van der Waals surface area (Å²) in [5.74, 6) is 0. The van der Waals surface area contributed by atoms with E-state index in [1.807, 2.05) is 0 Å². The van der Waals surface area contributed by atoms with Gasteiger partial charge in [-0.05, 0) is 15.9 Å². The smallest absolute Gasteiger partial charge is 0.270 e. The maximum Gasteiger partial charge on any atom is 0.270 e. The molecule has 0 unspecified atom stereocenters. The first-order valence-corrected chi connectivity index (χ1v) is 5.31. The molecule has 2 rings (SSSR count). The molecule has 2 aromatic rings. The Morgan fingerprint density at radius 1 is 1.50 bits per heavy atom. The molecule has 0 saturated carbocycles. The van der Waals surface area contributed by atoms with Crippen LogP contribution in [-0.4, -0.2) is 14.7 Å². The molecule has 5 nitrogen and oxygen atoms in total. The maximum absolute atomic E-state index is 10.6. The fraction of sp³-hybridized carbons (Fsp3) is 0.100. The molecule has 1 aromatic heterocycles. The average Bonchev–Trinajstić information content (AvgIpc) is 2.58. The number of nitrogens with zero attached hydrogens (tertiary/aromatic N) is 3. The molecule has 0 fully saturated rings. The van der Waals surface area contributed by atoms with Gasteiger partial charge in [-0.25, -0.2) is 0 Å². The molecule has 16 heavy (non-hydrogen) atoms. The molecule has 0 N–H and O–H groups in total. The van der Waals surface area contributed by atoms with Gasteiger partial charge < -0.3 is 0 Å². The summed E-state index contributed by atoms with van der Waals surface area (Å²) < 4.78 is 2.47. The Morgan fingerprint density at radius 2 is 2.25 bits per heavy atom. The van der Waals surface area contributed by atoms with Crippen molar-refractivity contribution in [2.24, 2.45) is 7.05 Å². The fourth-order valence-corrected chi connectivity index (χ4v) is 2.03. The number of non-ortho nitro benzene ring substituents is 1. The minimum absolute atomic E-state index is 0.0649. The molecule has 6 heteroatoms. The molecule has 0 saturated heterocycles. The summed E-state index contributed by atoms with van der Waals surface area (Å²) in [6, 6.07) is 6.40. The molecule has 82 valence electrons. The summed E-state index contributed by atoms with van der Waals surface area (Å²) in [5, 5.41) is 14.9. The van der Waals surface area contributed by atoms with Gasteiger partial charge in [-0.15, -0.1) is 0 Å². The van der Waals surface area contributed by atoms with Crippen molar-refractivity contribution in [3.63, 3.8) is 0 Å². The van der Waals surface area contributed by atoms with Crippen molar-refractivity contribution in [2.75, 3.05) is 0 Å². The van der Waals surface area contributed by atoms with Crippen molar-refractivity contribution in [3.05, 3.63) is 45.0 Å². The van der Waals surface area contributed by atoms with Gasteiger partial charge in [0.15, 0.2) is 0 Å². The van der Waals surface area contributed by atoms with Crippen molar-refractivity contribution in [1.29, 1.82) is 0 Å². The number of aryl methyl sites for hydroxylation is 1. The van der Waals surface area contributed by atoms with Gasteiger partial charge in [-0.1, -0.05) is 12.1 Å². The molecule has 0 spiro atoms. The molecular weight excluding hydrogens is 274 g/mol. The molecule has 0 amide bonds. The van der Waals surface area contributed by atoms with E-state index in [0.29, 0.717) is 5.69 Å². The first-order valence-electron chi connectivity index (χ1n) is 4.52. The Bertz CT molecular complexity index is 551. The van der Waals surface area contributed by atoms with E-state index in [0.717, 1.165) is 10.0 Å². The predicted octanol–water partition coefficient (Wildman–Crippen LogP) is 2.76. The molecule has 1 heterocycles. The third kappa shape index (κ3) is 1.96. The zero-order valence-electron chi connectivity index (χ0n) is 8.42. The summed E-state index contributed by atoms with van der Waals surface area (Å²) in [6.45, 7) is 0. The summed E-state index contributed by atoms with van der Waals surface area (Å²) in [4.78, 5) is 10.2. The number of rotatable bonds is 2. The van der Waals surface area contributed by atoms with Crippen LogP contribution >= 0.6 is 15.9 Å². The topological polar surface area (TPSA) is 61.0 Å². The minimum atomic E-state index is -0.416. The first-order chi connectivity index (χ1) is 7.58.